The highest BCUT2D eigenvalue weighted by Crippen LogP contribution is 2.37. The minimum absolute atomic E-state index is 0.152. The van der Waals surface area contributed by atoms with E-state index in [2.05, 4.69) is 11.9 Å². The third kappa shape index (κ3) is 3.49. The summed E-state index contributed by atoms with van der Waals surface area (Å²) in [4.78, 5) is 18.2. The first-order valence-corrected chi connectivity index (χ1v) is 9.91. The first-order valence-electron chi connectivity index (χ1n) is 9.09. The van der Waals surface area contributed by atoms with Crippen molar-refractivity contribution in [3.8, 4) is 5.88 Å². The number of carbonyl (C=O) groups excluding carboxylic acids is 1. The topological polar surface area (TPSA) is 63.8 Å². The van der Waals surface area contributed by atoms with Gasteiger partial charge in [0.25, 0.3) is 0 Å². The van der Waals surface area contributed by atoms with E-state index in [1.54, 1.807) is 17.7 Å². The number of nitrogens with zero attached hydrogens (tertiary/aromatic N) is 2. The molecule has 2 aromatic heterocycles. The number of ether oxygens (including phenoxy) is 1. The van der Waals surface area contributed by atoms with Crippen LogP contribution in [0.5, 0.6) is 5.88 Å². The Kier molecular flexibility index (Phi) is 5.65. The molecule has 0 unspecified atom stereocenters. The van der Waals surface area contributed by atoms with Gasteiger partial charge in [-0.15, -0.1) is 11.3 Å². The normalized spacial score (nSPS) is 11.6. The number of aromatic nitrogens is 1. The van der Waals surface area contributed by atoms with Gasteiger partial charge in [-0.2, -0.15) is 0 Å². The summed E-state index contributed by atoms with van der Waals surface area (Å²) in [7, 11) is 1.81. The van der Waals surface area contributed by atoms with E-state index in [0.29, 0.717) is 22.7 Å². The van der Waals surface area contributed by atoms with Crippen molar-refractivity contribution in [2.24, 2.45) is 12.0 Å². The van der Waals surface area contributed by atoms with E-state index in [1.165, 1.54) is 11.3 Å². The van der Waals surface area contributed by atoms with Crippen LogP contribution in [0, 0.1) is 6.92 Å². The first-order chi connectivity index (χ1) is 13.0. The summed E-state index contributed by atoms with van der Waals surface area (Å²) in [6.07, 6.45) is 3.54. The number of aliphatic imine (C=N–C) groups is 1. The molecule has 142 valence electrons. The maximum absolute atomic E-state index is 12.5. The van der Waals surface area contributed by atoms with E-state index in [9.17, 15) is 9.90 Å². The average Bonchev–Trinajstić information content (AvgIpc) is 3.09. The largest absolute Gasteiger partial charge is 0.494 e. The summed E-state index contributed by atoms with van der Waals surface area (Å²) in [5, 5.41) is 12.0. The predicted octanol–water partition coefficient (Wildman–Crippen LogP) is 5.13. The van der Waals surface area contributed by atoms with Crippen molar-refractivity contribution >= 4 is 39.4 Å². The van der Waals surface area contributed by atoms with Crippen molar-refractivity contribution in [2.75, 3.05) is 6.61 Å². The molecule has 27 heavy (non-hydrogen) atoms. The Labute approximate surface area is 162 Å². The average molecular weight is 385 g/mol. The van der Waals surface area contributed by atoms with Gasteiger partial charge in [-0.05, 0) is 31.9 Å². The minimum Gasteiger partial charge on any atom is -0.494 e. The van der Waals surface area contributed by atoms with Gasteiger partial charge in [0.1, 0.15) is 5.00 Å². The second-order valence-corrected chi connectivity index (χ2v) is 7.46. The van der Waals surface area contributed by atoms with Crippen molar-refractivity contribution in [3.05, 3.63) is 45.8 Å². The molecule has 0 radical (unpaired) electrons. The number of para-hydroxylation sites is 1. The van der Waals surface area contributed by atoms with Gasteiger partial charge in [-0.25, -0.2) is 9.79 Å². The second kappa shape index (κ2) is 7.96. The molecule has 0 aliphatic heterocycles. The van der Waals surface area contributed by atoms with E-state index < -0.39 is 0 Å². The third-order valence-electron chi connectivity index (χ3n) is 4.61. The predicted molar refractivity (Wildman–Crippen MR) is 111 cm³/mol. The zero-order chi connectivity index (χ0) is 19.6. The smallest absolute Gasteiger partial charge is 0.341 e. The Hall–Kier alpha value is -2.60. The van der Waals surface area contributed by atoms with E-state index >= 15 is 0 Å². The fraction of sp³-hybridized carbons (Fsp3) is 0.333. The highest BCUT2D eigenvalue weighted by atomic mass is 32.1. The number of hydrogen-bond donors (Lipinski definition) is 1. The van der Waals surface area contributed by atoms with Gasteiger partial charge < -0.3 is 14.4 Å². The summed E-state index contributed by atoms with van der Waals surface area (Å²) < 4.78 is 6.96. The Morgan fingerprint density at radius 2 is 2.07 bits per heavy atom. The van der Waals surface area contributed by atoms with Crippen molar-refractivity contribution < 1.29 is 14.6 Å². The van der Waals surface area contributed by atoms with Crippen LogP contribution >= 0.6 is 11.3 Å². The van der Waals surface area contributed by atoms with Gasteiger partial charge in [0.15, 0.2) is 0 Å². The van der Waals surface area contributed by atoms with E-state index in [4.69, 9.17) is 4.74 Å². The summed E-state index contributed by atoms with van der Waals surface area (Å²) in [5.74, 6) is -0.192. The molecule has 0 aliphatic carbocycles. The van der Waals surface area contributed by atoms with Gasteiger partial charge in [-0.1, -0.05) is 31.5 Å². The lowest BCUT2D eigenvalue weighted by atomic mass is 10.1. The Morgan fingerprint density at radius 1 is 1.33 bits per heavy atom. The summed E-state index contributed by atoms with van der Waals surface area (Å²) in [6.45, 7) is 6.18. The van der Waals surface area contributed by atoms with Crippen molar-refractivity contribution in [1.82, 2.24) is 4.57 Å². The Morgan fingerprint density at radius 3 is 2.78 bits per heavy atom. The van der Waals surface area contributed by atoms with Gasteiger partial charge >= 0.3 is 5.97 Å². The number of aromatic hydroxyl groups is 1. The molecular formula is C21H24N2O3S. The number of benzene rings is 1. The number of aryl methyl sites for hydroxylation is 2. The fourth-order valence-electron chi connectivity index (χ4n) is 3.20. The molecular weight excluding hydrogens is 360 g/mol. The van der Waals surface area contributed by atoms with Crippen LogP contribution in [-0.2, 0) is 18.2 Å². The maximum Gasteiger partial charge on any atom is 0.341 e. The second-order valence-electron chi connectivity index (χ2n) is 6.37. The molecule has 6 heteroatoms. The molecule has 5 nitrogen and oxygen atoms in total. The quantitative estimate of drug-likeness (QED) is 0.473. The van der Waals surface area contributed by atoms with Crippen LogP contribution < -0.4 is 0 Å². The minimum atomic E-state index is -0.345. The molecule has 0 fully saturated rings. The van der Waals surface area contributed by atoms with Crippen LogP contribution in [0.4, 0.5) is 5.00 Å². The Balaban J connectivity index is 2.09. The number of fused-ring (bicyclic) bond motifs is 1. The van der Waals surface area contributed by atoms with Gasteiger partial charge in [0.2, 0.25) is 5.88 Å². The molecule has 2 heterocycles. The number of rotatable bonds is 6. The fourth-order valence-corrected chi connectivity index (χ4v) is 4.44. The standard InChI is InChI=1S/C21H24N2O3S/c1-5-9-17-13(3)18(21(25)26-6-2)19(27-17)22-12-15-14-10-7-8-11-16(14)23(4)20(15)24/h7-8,10-12,24H,5-6,9H2,1-4H3/b22-12+. The maximum atomic E-state index is 12.5. The number of carbonyl (C=O) groups is 1. The summed E-state index contributed by atoms with van der Waals surface area (Å²) in [5.41, 5.74) is 3.04. The molecule has 1 N–H and O–H groups in total. The highest BCUT2D eigenvalue weighted by Gasteiger charge is 2.22. The van der Waals surface area contributed by atoms with E-state index in [-0.39, 0.29) is 11.8 Å². The molecule has 0 atom stereocenters. The van der Waals surface area contributed by atoms with Crippen molar-refractivity contribution in [2.45, 2.75) is 33.6 Å². The molecule has 1 aromatic carbocycles. The molecule has 0 saturated heterocycles. The van der Waals surface area contributed by atoms with Crippen LogP contribution in [0.1, 0.15) is 46.6 Å². The summed E-state index contributed by atoms with van der Waals surface area (Å²) in [6, 6.07) is 7.76. The molecule has 0 saturated carbocycles. The lowest BCUT2D eigenvalue weighted by Gasteiger charge is -2.03. The van der Waals surface area contributed by atoms with Gasteiger partial charge in [0, 0.05) is 23.5 Å². The molecule has 3 aromatic rings. The van der Waals surface area contributed by atoms with Crippen LogP contribution in [0.3, 0.4) is 0 Å². The van der Waals surface area contributed by atoms with Crippen molar-refractivity contribution in [1.29, 1.82) is 0 Å². The Bertz CT molecular complexity index is 1010. The number of thiophene rings is 1. The zero-order valence-corrected chi connectivity index (χ0v) is 16.9. The first kappa shape index (κ1) is 19.2. The molecule has 0 bridgehead atoms. The lowest BCUT2D eigenvalue weighted by Crippen LogP contribution is -2.05. The van der Waals surface area contributed by atoms with E-state index in [0.717, 1.165) is 34.2 Å². The monoisotopic (exact) mass is 384 g/mol. The van der Waals surface area contributed by atoms with Crippen LogP contribution in [0.2, 0.25) is 0 Å². The molecule has 0 aliphatic rings. The molecule has 0 spiro atoms. The number of esters is 1. The third-order valence-corrected chi connectivity index (χ3v) is 5.87. The molecule has 0 amide bonds. The number of hydrogen-bond acceptors (Lipinski definition) is 5. The van der Waals surface area contributed by atoms with Crippen molar-refractivity contribution in [3.63, 3.8) is 0 Å². The lowest BCUT2D eigenvalue weighted by molar-refractivity contribution is 0.0527. The van der Waals surface area contributed by atoms with Gasteiger partial charge in [-0.3, -0.25) is 0 Å². The van der Waals surface area contributed by atoms with Crippen LogP contribution in [-0.4, -0.2) is 28.5 Å². The highest BCUT2D eigenvalue weighted by molar-refractivity contribution is 7.16. The van der Waals surface area contributed by atoms with Crippen LogP contribution in [0.25, 0.3) is 10.9 Å². The van der Waals surface area contributed by atoms with Gasteiger partial charge in [0.05, 0.1) is 23.3 Å². The zero-order valence-electron chi connectivity index (χ0n) is 16.1. The SMILES string of the molecule is CCCc1sc(/N=C/c2c(O)n(C)c3ccccc23)c(C(=O)OCC)c1C. The molecule has 3 rings (SSSR count). The summed E-state index contributed by atoms with van der Waals surface area (Å²) >= 11 is 1.52. The van der Waals surface area contributed by atoms with Crippen LogP contribution in [0.15, 0.2) is 29.3 Å². The van der Waals surface area contributed by atoms with E-state index in [1.807, 2.05) is 38.2 Å².